The maximum Gasteiger partial charge on any atom is 0.455 e. The van der Waals surface area contributed by atoms with Gasteiger partial charge in [0.2, 0.25) is 5.88 Å². The highest BCUT2D eigenvalue weighted by Gasteiger charge is 2.42. The normalized spacial score (nSPS) is 11.9. The molecular weight excluding hydrogens is 223 g/mol. The van der Waals surface area contributed by atoms with Crippen LogP contribution in [0.2, 0.25) is 0 Å². The molecule has 16 heavy (non-hydrogen) atoms. The van der Waals surface area contributed by atoms with Gasteiger partial charge in [0.05, 0.1) is 5.56 Å². The van der Waals surface area contributed by atoms with Crippen molar-refractivity contribution in [3.05, 3.63) is 29.8 Å². The molecule has 0 spiro atoms. The van der Waals surface area contributed by atoms with Crippen LogP contribution in [0.4, 0.5) is 13.2 Å². The van der Waals surface area contributed by atoms with E-state index in [4.69, 9.17) is 0 Å². The van der Waals surface area contributed by atoms with Gasteiger partial charge in [-0.05, 0) is 6.07 Å². The summed E-state index contributed by atoms with van der Waals surface area (Å²) in [6, 6.07) is 5.88. The van der Waals surface area contributed by atoms with Crippen LogP contribution in [-0.2, 0) is 0 Å². The molecule has 2 aromatic rings. The van der Waals surface area contributed by atoms with Crippen LogP contribution in [0.3, 0.4) is 0 Å². The summed E-state index contributed by atoms with van der Waals surface area (Å²) in [6.45, 7) is 0. The number of aromatic amines is 1. The molecule has 0 aliphatic heterocycles. The molecule has 84 valence electrons. The molecule has 1 aromatic heterocycles. The zero-order chi connectivity index (χ0) is 11.9. The zero-order valence-corrected chi connectivity index (χ0v) is 7.80. The Kier molecular flexibility index (Phi) is 2.15. The van der Waals surface area contributed by atoms with E-state index in [0.717, 1.165) is 0 Å². The van der Waals surface area contributed by atoms with Crippen molar-refractivity contribution < 1.29 is 23.1 Å². The molecule has 0 aliphatic rings. The third-order valence-electron chi connectivity index (χ3n) is 2.17. The van der Waals surface area contributed by atoms with Gasteiger partial charge in [-0.2, -0.15) is 13.2 Å². The van der Waals surface area contributed by atoms with E-state index in [2.05, 4.69) is 4.98 Å². The van der Waals surface area contributed by atoms with Crippen molar-refractivity contribution in [3.8, 4) is 5.88 Å². The Morgan fingerprint density at radius 2 is 1.88 bits per heavy atom. The molecule has 0 saturated heterocycles. The maximum atomic E-state index is 12.2. The van der Waals surface area contributed by atoms with Crippen LogP contribution < -0.4 is 0 Å². The number of alkyl halides is 3. The summed E-state index contributed by atoms with van der Waals surface area (Å²) in [4.78, 5) is 13.4. The fourth-order valence-electron chi connectivity index (χ4n) is 1.50. The molecule has 0 fully saturated rings. The van der Waals surface area contributed by atoms with Crippen molar-refractivity contribution in [1.82, 2.24) is 4.98 Å². The lowest BCUT2D eigenvalue weighted by molar-refractivity contribution is -0.0885. The quantitative estimate of drug-likeness (QED) is 0.738. The molecule has 0 radical (unpaired) electrons. The highest BCUT2D eigenvalue weighted by molar-refractivity contribution is 6.12. The number of para-hydroxylation sites is 1. The first-order chi connectivity index (χ1) is 7.41. The van der Waals surface area contributed by atoms with Gasteiger partial charge in [-0.3, -0.25) is 4.79 Å². The van der Waals surface area contributed by atoms with E-state index >= 15 is 0 Å². The highest BCUT2D eigenvalue weighted by atomic mass is 19.4. The standard InChI is InChI=1S/C10H6F3NO2/c11-10(12,13)8(15)7-5-3-1-2-4-6(5)14-9(7)16/h1-4,14,16H. The minimum Gasteiger partial charge on any atom is -0.494 e. The number of hydrogen-bond donors (Lipinski definition) is 2. The third-order valence-corrected chi connectivity index (χ3v) is 2.17. The Labute approximate surface area is 87.5 Å². The third kappa shape index (κ3) is 1.52. The van der Waals surface area contributed by atoms with Gasteiger partial charge < -0.3 is 10.1 Å². The Bertz CT molecular complexity index is 557. The maximum absolute atomic E-state index is 12.2. The van der Waals surface area contributed by atoms with Crippen molar-refractivity contribution in [2.45, 2.75) is 6.18 Å². The predicted octanol–water partition coefficient (Wildman–Crippen LogP) is 2.62. The number of benzene rings is 1. The van der Waals surface area contributed by atoms with Crippen LogP contribution in [0.15, 0.2) is 24.3 Å². The molecule has 2 N–H and O–H groups in total. The molecule has 2 rings (SSSR count). The molecule has 0 unspecified atom stereocenters. The number of rotatable bonds is 1. The first kappa shape index (κ1) is 10.5. The van der Waals surface area contributed by atoms with Crippen LogP contribution in [0, 0.1) is 0 Å². The minimum absolute atomic E-state index is 0.0577. The van der Waals surface area contributed by atoms with E-state index in [-0.39, 0.29) is 10.9 Å². The molecule has 6 heteroatoms. The van der Waals surface area contributed by atoms with Gasteiger partial charge in [0.1, 0.15) is 0 Å². The highest BCUT2D eigenvalue weighted by Crippen LogP contribution is 2.32. The molecule has 1 aromatic carbocycles. The molecule has 1 heterocycles. The summed E-state index contributed by atoms with van der Waals surface area (Å²) in [5.74, 6) is -2.81. The van der Waals surface area contributed by atoms with Crippen molar-refractivity contribution in [1.29, 1.82) is 0 Å². The van der Waals surface area contributed by atoms with Crippen molar-refractivity contribution in [2.24, 2.45) is 0 Å². The smallest absolute Gasteiger partial charge is 0.455 e. The van der Waals surface area contributed by atoms with E-state index < -0.39 is 23.4 Å². The van der Waals surface area contributed by atoms with Gasteiger partial charge >= 0.3 is 6.18 Å². The van der Waals surface area contributed by atoms with Gasteiger partial charge in [0, 0.05) is 10.9 Å². The second-order valence-corrected chi connectivity index (χ2v) is 3.22. The first-order valence-corrected chi connectivity index (χ1v) is 4.32. The van der Waals surface area contributed by atoms with E-state index in [1.165, 1.54) is 18.2 Å². The monoisotopic (exact) mass is 229 g/mol. The number of Topliss-reactive ketones (excluding diaryl/α,β-unsaturated/α-hetero) is 1. The van der Waals surface area contributed by atoms with E-state index in [9.17, 15) is 23.1 Å². The summed E-state index contributed by atoms with van der Waals surface area (Å²) >= 11 is 0. The molecule has 0 atom stereocenters. The SMILES string of the molecule is O=C(c1c(O)[nH]c2ccccc12)C(F)(F)F. The Morgan fingerprint density at radius 3 is 2.50 bits per heavy atom. The molecular formula is C10H6F3NO2. The lowest BCUT2D eigenvalue weighted by Crippen LogP contribution is -2.22. The zero-order valence-electron chi connectivity index (χ0n) is 7.80. The second kappa shape index (κ2) is 3.26. The van der Waals surface area contributed by atoms with Crippen LogP contribution in [0.5, 0.6) is 5.88 Å². The Morgan fingerprint density at radius 1 is 1.25 bits per heavy atom. The lowest BCUT2D eigenvalue weighted by atomic mass is 10.1. The molecule has 0 amide bonds. The number of carbonyl (C=O) groups excluding carboxylic acids is 1. The van der Waals surface area contributed by atoms with Gasteiger partial charge in [-0.15, -0.1) is 0 Å². The number of halogens is 3. The summed E-state index contributed by atoms with van der Waals surface area (Å²) < 4.78 is 36.7. The fraction of sp³-hybridized carbons (Fsp3) is 0.100. The summed E-state index contributed by atoms with van der Waals surface area (Å²) in [6.07, 6.45) is -5.00. The molecule has 3 nitrogen and oxygen atoms in total. The number of aromatic nitrogens is 1. The number of ketones is 1. The number of H-pyrrole nitrogens is 1. The minimum atomic E-state index is -5.00. The Balaban J connectivity index is 2.69. The number of carbonyl (C=O) groups is 1. The van der Waals surface area contributed by atoms with Crippen molar-refractivity contribution in [2.75, 3.05) is 0 Å². The number of fused-ring (bicyclic) bond motifs is 1. The average molecular weight is 229 g/mol. The van der Waals surface area contributed by atoms with E-state index in [0.29, 0.717) is 0 Å². The van der Waals surface area contributed by atoms with Gasteiger partial charge in [-0.1, -0.05) is 18.2 Å². The average Bonchev–Trinajstić information content (AvgIpc) is 2.51. The number of hydrogen-bond acceptors (Lipinski definition) is 2. The van der Waals surface area contributed by atoms with Gasteiger partial charge in [0.15, 0.2) is 0 Å². The Hall–Kier alpha value is -1.98. The van der Waals surface area contributed by atoms with Crippen LogP contribution in [0.1, 0.15) is 10.4 Å². The van der Waals surface area contributed by atoms with Crippen molar-refractivity contribution in [3.63, 3.8) is 0 Å². The summed E-state index contributed by atoms with van der Waals surface area (Å²) in [7, 11) is 0. The summed E-state index contributed by atoms with van der Waals surface area (Å²) in [5, 5.41) is 9.35. The van der Waals surface area contributed by atoms with Gasteiger partial charge in [0.25, 0.3) is 5.78 Å². The van der Waals surface area contributed by atoms with E-state index in [1.54, 1.807) is 6.07 Å². The molecule has 0 saturated carbocycles. The van der Waals surface area contributed by atoms with Gasteiger partial charge in [-0.25, -0.2) is 0 Å². The second-order valence-electron chi connectivity index (χ2n) is 3.22. The number of nitrogens with one attached hydrogen (secondary N) is 1. The van der Waals surface area contributed by atoms with Crippen LogP contribution in [-0.4, -0.2) is 22.1 Å². The fourth-order valence-corrected chi connectivity index (χ4v) is 1.50. The lowest BCUT2D eigenvalue weighted by Gasteiger charge is -2.03. The van der Waals surface area contributed by atoms with Crippen LogP contribution >= 0.6 is 0 Å². The largest absolute Gasteiger partial charge is 0.494 e. The molecule has 0 aliphatic carbocycles. The predicted molar refractivity (Wildman–Crippen MR) is 50.3 cm³/mol. The van der Waals surface area contributed by atoms with Crippen LogP contribution in [0.25, 0.3) is 10.9 Å². The number of aromatic hydroxyl groups is 1. The molecule has 0 bridgehead atoms. The first-order valence-electron chi connectivity index (χ1n) is 4.32. The summed E-state index contributed by atoms with van der Waals surface area (Å²) in [5.41, 5.74) is -0.448. The topological polar surface area (TPSA) is 53.1 Å². The van der Waals surface area contributed by atoms with Crippen molar-refractivity contribution >= 4 is 16.7 Å². The van der Waals surface area contributed by atoms with E-state index in [1.807, 2.05) is 0 Å².